The average molecular weight is 245 g/mol. The quantitative estimate of drug-likeness (QED) is 0.654. The van der Waals surface area contributed by atoms with E-state index in [2.05, 4.69) is 5.32 Å². The van der Waals surface area contributed by atoms with E-state index in [1.54, 1.807) is 19.9 Å². The summed E-state index contributed by atoms with van der Waals surface area (Å²) >= 11 is 0. The second-order valence-corrected chi connectivity index (χ2v) is 4.29. The summed E-state index contributed by atoms with van der Waals surface area (Å²) in [6.45, 7) is 3.84. The number of carbonyl (C=O) groups is 2. The molecule has 1 amide bonds. The Hall–Kier alpha value is -2.10. The van der Waals surface area contributed by atoms with Crippen molar-refractivity contribution in [2.45, 2.75) is 19.3 Å². The van der Waals surface area contributed by atoms with E-state index in [9.17, 15) is 9.59 Å². The molecule has 0 aromatic heterocycles. The van der Waals surface area contributed by atoms with Gasteiger partial charge in [0.25, 0.3) is 0 Å². The summed E-state index contributed by atoms with van der Waals surface area (Å²) in [5.41, 5.74) is 0.845. The van der Waals surface area contributed by atoms with Crippen molar-refractivity contribution in [3.05, 3.63) is 42.0 Å². The number of rotatable bonds is 3. The van der Waals surface area contributed by atoms with Crippen molar-refractivity contribution in [3.8, 4) is 0 Å². The summed E-state index contributed by atoms with van der Waals surface area (Å²) in [4.78, 5) is 23.3. The van der Waals surface area contributed by atoms with Gasteiger partial charge in [-0.15, -0.1) is 0 Å². The number of para-hydroxylation sites is 1. The standard InChI is InChI=1S/C14H15NO3/c1-3-18-12(16)8-9-14(2)10-6-4-5-7-11(10)15-13(14)17/h4-9H,3H2,1-2H3,(H,15,17)/b9-8+. The predicted molar refractivity (Wildman–Crippen MR) is 68.2 cm³/mol. The highest BCUT2D eigenvalue weighted by Gasteiger charge is 2.40. The van der Waals surface area contributed by atoms with Crippen molar-refractivity contribution in [1.82, 2.24) is 0 Å². The van der Waals surface area contributed by atoms with E-state index in [1.165, 1.54) is 6.08 Å². The third-order valence-corrected chi connectivity index (χ3v) is 3.05. The van der Waals surface area contributed by atoms with Crippen LogP contribution in [0.4, 0.5) is 5.69 Å². The van der Waals surface area contributed by atoms with Gasteiger partial charge in [-0.2, -0.15) is 0 Å². The summed E-state index contributed by atoms with van der Waals surface area (Å²) < 4.78 is 4.81. The molecule has 1 heterocycles. The molecule has 0 aliphatic carbocycles. The monoisotopic (exact) mass is 245 g/mol. The summed E-state index contributed by atoms with van der Waals surface area (Å²) in [7, 11) is 0. The highest BCUT2D eigenvalue weighted by molar-refractivity contribution is 6.07. The highest BCUT2D eigenvalue weighted by atomic mass is 16.5. The fourth-order valence-corrected chi connectivity index (χ4v) is 2.01. The Bertz CT molecular complexity index is 522. The summed E-state index contributed by atoms with van der Waals surface area (Å²) in [5, 5.41) is 2.80. The maximum Gasteiger partial charge on any atom is 0.330 e. The topological polar surface area (TPSA) is 55.4 Å². The first-order valence-electron chi connectivity index (χ1n) is 5.85. The molecule has 18 heavy (non-hydrogen) atoms. The largest absolute Gasteiger partial charge is 0.463 e. The van der Waals surface area contributed by atoms with Crippen LogP contribution < -0.4 is 5.32 Å². The van der Waals surface area contributed by atoms with E-state index < -0.39 is 11.4 Å². The normalized spacial score (nSPS) is 21.8. The second kappa shape index (κ2) is 4.64. The van der Waals surface area contributed by atoms with Crippen LogP contribution in [0.2, 0.25) is 0 Å². The summed E-state index contributed by atoms with van der Waals surface area (Å²) in [6.07, 6.45) is 2.90. The van der Waals surface area contributed by atoms with Crippen molar-refractivity contribution in [3.63, 3.8) is 0 Å². The number of amides is 1. The van der Waals surface area contributed by atoms with Gasteiger partial charge in [-0.25, -0.2) is 4.79 Å². The van der Waals surface area contributed by atoms with Crippen LogP contribution in [0, 0.1) is 0 Å². The Morgan fingerprint density at radius 3 is 2.89 bits per heavy atom. The molecule has 0 fully saturated rings. The smallest absolute Gasteiger partial charge is 0.330 e. The molecule has 1 atom stereocenters. The maximum atomic E-state index is 12.0. The Morgan fingerprint density at radius 1 is 1.44 bits per heavy atom. The molecule has 4 nitrogen and oxygen atoms in total. The number of carbonyl (C=O) groups excluding carboxylic acids is 2. The average Bonchev–Trinajstić information content (AvgIpc) is 2.61. The van der Waals surface area contributed by atoms with Gasteiger partial charge in [-0.1, -0.05) is 24.3 Å². The van der Waals surface area contributed by atoms with Gasteiger partial charge in [0, 0.05) is 11.8 Å². The second-order valence-electron chi connectivity index (χ2n) is 4.29. The third-order valence-electron chi connectivity index (χ3n) is 3.05. The third kappa shape index (κ3) is 2.01. The van der Waals surface area contributed by atoms with Crippen molar-refractivity contribution in [1.29, 1.82) is 0 Å². The number of fused-ring (bicyclic) bond motifs is 1. The molecule has 94 valence electrons. The van der Waals surface area contributed by atoms with Crippen LogP contribution in [-0.2, 0) is 19.7 Å². The van der Waals surface area contributed by atoms with E-state index in [0.29, 0.717) is 6.61 Å². The van der Waals surface area contributed by atoms with Crippen molar-refractivity contribution >= 4 is 17.6 Å². The number of ether oxygens (including phenoxy) is 1. The minimum atomic E-state index is -0.816. The van der Waals surface area contributed by atoms with Gasteiger partial charge in [0.15, 0.2) is 0 Å². The molecule has 2 rings (SSSR count). The molecule has 1 aromatic rings. The number of hydrogen-bond acceptors (Lipinski definition) is 3. The molecule has 0 saturated heterocycles. The number of hydrogen-bond donors (Lipinski definition) is 1. The zero-order valence-corrected chi connectivity index (χ0v) is 10.4. The number of benzene rings is 1. The molecule has 1 aliphatic rings. The van der Waals surface area contributed by atoms with E-state index in [1.807, 2.05) is 24.3 Å². The van der Waals surface area contributed by atoms with Crippen LogP contribution in [-0.4, -0.2) is 18.5 Å². The fourth-order valence-electron chi connectivity index (χ4n) is 2.01. The molecule has 0 radical (unpaired) electrons. The Kier molecular flexibility index (Phi) is 3.19. The molecule has 0 bridgehead atoms. The van der Waals surface area contributed by atoms with Gasteiger partial charge in [-0.3, -0.25) is 4.79 Å². The van der Waals surface area contributed by atoms with Gasteiger partial charge in [0.05, 0.1) is 12.0 Å². The summed E-state index contributed by atoms with van der Waals surface area (Å²) in [6, 6.07) is 7.45. The maximum absolute atomic E-state index is 12.0. The van der Waals surface area contributed by atoms with Gasteiger partial charge >= 0.3 is 5.97 Å². The van der Waals surface area contributed by atoms with Crippen LogP contribution in [0.25, 0.3) is 0 Å². The molecule has 1 aliphatic heterocycles. The lowest BCUT2D eigenvalue weighted by molar-refractivity contribution is -0.137. The highest BCUT2D eigenvalue weighted by Crippen LogP contribution is 2.38. The lowest BCUT2D eigenvalue weighted by Crippen LogP contribution is -2.28. The Balaban J connectivity index is 2.31. The van der Waals surface area contributed by atoms with Crippen LogP contribution >= 0.6 is 0 Å². The van der Waals surface area contributed by atoms with E-state index in [0.717, 1.165) is 11.3 Å². The predicted octanol–water partition coefficient (Wildman–Crippen LogP) is 2.02. The van der Waals surface area contributed by atoms with E-state index in [-0.39, 0.29) is 5.91 Å². The lowest BCUT2D eigenvalue weighted by atomic mass is 9.83. The van der Waals surface area contributed by atoms with Crippen LogP contribution in [0.1, 0.15) is 19.4 Å². The number of nitrogens with one attached hydrogen (secondary N) is 1. The first-order chi connectivity index (χ1) is 8.58. The van der Waals surface area contributed by atoms with Gasteiger partial charge < -0.3 is 10.1 Å². The SMILES string of the molecule is CCOC(=O)/C=C/C1(C)C(=O)Nc2ccccc21. The van der Waals surface area contributed by atoms with E-state index in [4.69, 9.17) is 4.74 Å². The zero-order valence-electron chi connectivity index (χ0n) is 10.4. The minimum Gasteiger partial charge on any atom is -0.463 e. The number of esters is 1. The number of anilines is 1. The van der Waals surface area contributed by atoms with Gasteiger partial charge in [0.1, 0.15) is 0 Å². The van der Waals surface area contributed by atoms with Crippen molar-refractivity contribution in [2.75, 3.05) is 11.9 Å². The molecule has 0 spiro atoms. The fraction of sp³-hybridized carbons (Fsp3) is 0.286. The van der Waals surface area contributed by atoms with Crippen molar-refractivity contribution < 1.29 is 14.3 Å². The minimum absolute atomic E-state index is 0.135. The van der Waals surface area contributed by atoms with E-state index >= 15 is 0 Å². The van der Waals surface area contributed by atoms with Crippen LogP contribution in [0.3, 0.4) is 0 Å². The zero-order chi connectivity index (χ0) is 13.2. The van der Waals surface area contributed by atoms with Crippen molar-refractivity contribution in [2.24, 2.45) is 0 Å². The molecule has 1 aromatic carbocycles. The molecule has 0 saturated carbocycles. The van der Waals surface area contributed by atoms with Crippen LogP contribution in [0.5, 0.6) is 0 Å². The molecular weight excluding hydrogens is 230 g/mol. The molecule has 1 N–H and O–H groups in total. The first kappa shape index (κ1) is 12.4. The Labute approximate surface area is 106 Å². The molecular formula is C14H15NO3. The first-order valence-corrected chi connectivity index (χ1v) is 5.85. The summed E-state index contributed by atoms with van der Waals surface area (Å²) in [5.74, 6) is -0.569. The molecule has 1 unspecified atom stereocenters. The van der Waals surface area contributed by atoms with Gasteiger partial charge in [-0.05, 0) is 25.5 Å². The Morgan fingerprint density at radius 2 is 2.17 bits per heavy atom. The molecule has 4 heteroatoms. The lowest BCUT2D eigenvalue weighted by Gasteiger charge is -2.16. The van der Waals surface area contributed by atoms with Crippen LogP contribution in [0.15, 0.2) is 36.4 Å². The van der Waals surface area contributed by atoms with Gasteiger partial charge in [0.2, 0.25) is 5.91 Å².